The smallest absolute Gasteiger partial charge is 0.338 e. The van der Waals surface area contributed by atoms with E-state index in [1.54, 1.807) is 24.3 Å². The van der Waals surface area contributed by atoms with Crippen LogP contribution in [0.2, 0.25) is 22.2 Å². The van der Waals surface area contributed by atoms with Crippen LogP contribution < -0.4 is 0 Å². The SMILES string of the molecule is CO[C@H]1O[C@@H]2CO[Si](C(C)C)(C(C)C)O[Si](C(C)C)(C(C)C)O[C@H]2[C@H](OC(=O)c2ccccc2)[C@H]1O. The van der Waals surface area contributed by atoms with Gasteiger partial charge in [0.25, 0.3) is 0 Å². The first-order chi connectivity index (χ1) is 16.9. The van der Waals surface area contributed by atoms with E-state index in [0.29, 0.717) is 5.56 Å². The first-order valence-corrected chi connectivity index (χ1v) is 17.0. The Kier molecular flexibility index (Phi) is 9.59. The fourth-order valence-corrected chi connectivity index (χ4v) is 16.6. The van der Waals surface area contributed by atoms with E-state index in [-0.39, 0.29) is 28.8 Å². The van der Waals surface area contributed by atoms with Crippen LogP contribution in [0.5, 0.6) is 0 Å². The molecule has 0 aliphatic carbocycles. The summed E-state index contributed by atoms with van der Waals surface area (Å²) in [5.74, 6) is -0.544. The maximum atomic E-state index is 13.1. The standard InChI is InChI=1S/C26H44O8Si2/c1-16(2)35(17(3)4)30-15-21-23(33-36(34-35,18(5)6)19(7)8)24(22(27)26(29-9)31-21)32-25(28)20-13-11-10-12-14-20/h10-14,16-19,21-24,26-27H,15H2,1-9H3/t21-,22-,23-,24-,26+/m1/s1. The maximum absolute atomic E-state index is 13.1. The van der Waals surface area contributed by atoms with Gasteiger partial charge in [-0.1, -0.05) is 73.6 Å². The van der Waals surface area contributed by atoms with Gasteiger partial charge < -0.3 is 32.3 Å². The van der Waals surface area contributed by atoms with Crippen molar-refractivity contribution >= 4 is 23.1 Å². The molecule has 2 fully saturated rings. The van der Waals surface area contributed by atoms with E-state index in [9.17, 15) is 9.90 Å². The van der Waals surface area contributed by atoms with Gasteiger partial charge in [0.05, 0.1) is 12.2 Å². The zero-order chi connectivity index (χ0) is 26.8. The summed E-state index contributed by atoms with van der Waals surface area (Å²) in [7, 11) is -4.32. The van der Waals surface area contributed by atoms with Gasteiger partial charge in [0, 0.05) is 7.11 Å². The summed E-state index contributed by atoms with van der Waals surface area (Å²) in [6.45, 7) is 17.3. The van der Waals surface area contributed by atoms with Crippen molar-refractivity contribution in [1.29, 1.82) is 0 Å². The second-order valence-corrected chi connectivity index (χ2v) is 19.9. The molecular weight excluding hydrogens is 496 g/mol. The first kappa shape index (κ1) is 29.4. The molecule has 10 heteroatoms. The minimum atomic E-state index is -3.01. The van der Waals surface area contributed by atoms with Crippen molar-refractivity contribution in [2.45, 2.75) is 108 Å². The van der Waals surface area contributed by atoms with E-state index in [1.165, 1.54) is 7.11 Å². The number of esters is 1. The van der Waals surface area contributed by atoms with E-state index < -0.39 is 53.8 Å². The third-order valence-corrected chi connectivity index (χ3v) is 17.7. The largest absolute Gasteiger partial charge is 0.453 e. The molecule has 2 heterocycles. The highest BCUT2D eigenvalue weighted by Crippen LogP contribution is 2.47. The predicted molar refractivity (Wildman–Crippen MR) is 141 cm³/mol. The molecule has 204 valence electrons. The van der Waals surface area contributed by atoms with Crippen LogP contribution in [0.25, 0.3) is 0 Å². The second kappa shape index (κ2) is 11.7. The summed E-state index contributed by atoms with van der Waals surface area (Å²) in [6.07, 6.45) is -4.64. The first-order valence-electron chi connectivity index (χ1n) is 13.0. The van der Waals surface area contributed by atoms with Gasteiger partial charge in [0.15, 0.2) is 12.4 Å². The van der Waals surface area contributed by atoms with Gasteiger partial charge in [0.1, 0.15) is 18.3 Å². The molecule has 0 radical (unpaired) electrons. The lowest BCUT2D eigenvalue weighted by molar-refractivity contribution is -0.293. The van der Waals surface area contributed by atoms with Crippen LogP contribution in [0, 0.1) is 0 Å². The zero-order valence-corrected chi connectivity index (χ0v) is 25.1. The molecule has 1 aromatic rings. The third-order valence-electron chi connectivity index (χ3n) is 7.43. The summed E-state index contributed by atoms with van der Waals surface area (Å²) in [6, 6.07) is 8.72. The number of hydrogen-bond donors (Lipinski definition) is 1. The Morgan fingerprint density at radius 1 is 0.944 bits per heavy atom. The number of aliphatic hydroxyl groups is 1. The Labute approximate surface area is 218 Å². The number of aliphatic hydroxyl groups excluding tert-OH is 1. The average molecular weight is 541 g/mol. The molecule has 8 nitrogen and oxygen atoms in total. The topological polar surface area (TPSA) is 92.7 Å². The Bertz CT molecular complexity index is 847. The highest BCUT2D eigenvalue weighted by molar-refractivity contribution is 6.84. The number of fused-ring (bicyclic) bond motifs is 1. The molecule has 0 unspecified atom stereocenters. The van der Waals surface area contributed by atoms with E-state index in [0.717, 1.165) is 0 Å². The summed E-state index contributed by atoms with van der Waals surface area (Å²) in [5, 5.41) is 11.2. The third kappa shape index (κ3) is 5.51. The van der Waals surface area contributed by atoms with Gasteiger partial charge in [-0.05, 0) is 34.3 Å². The minimum Gasteiger partial charge on any atom is -0.453 e. The lowest BCUT2D eigenvalue weighted by Crippen LogP contribution is -2.70. The molecule has 0 saturated carbocycles. The number of rotatable bonds is 7. The summed E-state index contributed by atoms with van der Waals surface area (Å²) in [4.78, 5) is 13.1. The summed E-state index contributed by atoms with van der Waals surface area (Å²) < 4.78 is 38.6. The molecule has 1 N–H and O–H groups in total. The van der Waals surface area contributed by atoms with E-state index in [4.69, 9.17) is 27.2 Å². The average Bonchev–Trinajstić information content (AvgIpc) is 2.81. The van der Waals surface area contributed by atoms with Crippen LogP contribution in [0.3, 0.4) is 0 Å². The van der Waals surface area contributed by atoms with Crippen molar-refractivity contribution in [3.05, 3.63) is 35.9 Å². The molecule has 3 rings (SSSR count). The van der Waals surface area contributed by atoms with Crippen molar-refractivity contribution < 1.29 is 37.1 Å². The summed E-state index contributed by atoms with van der Waals surface area (Å²) in [5.41, 5.74) is 0.906. The van der Waals surface area contributed by atoms with Crippen LogP contribution in [-0.4, -0.2) is 72.6 Å². The molecule has 0 bridgehead atoms. The van der Waals surface area contributed by atoms with Crippen molar-refractivity contribution in [3.8, 4) is 0 Å². The fraction of sp³-hybridized carbons (Fsp3) is 0.731. The zero-order valence-electron chi connectivity index (χ0n) is 23.1. The van der Waals surface area contributed by atoms with Gasteiger partial charge in [-0.3, -0.25) is 0 Å². The molecule has 2 aliphatic heterocycles. The highest BCUT2D eigenvalue weighted by Gasteiger charge is 2.62. The Morgan fingerprint density at radius 3 is 2.00 bits per heavy atom. The number of benzene rings is 1. The van der Waals surface area contributed by atoms with Crippen molar-refractivity contribution in [3.63, 3.8) is 0 Å². The molecule has 36 heavy (non-hydrogen) atoms. The van der Waals surface area contributed by atoms with Crippen LogP contribution >= 0.6 is 0 Å². The normalized spacial score (nSPS) is 30.2. The van der Waals surface area contributed by atoms with E-state index in [2.05, 4.69) is 55.4 Å². The highest BCUT2D eigenvalue weighted by atomic mass is 28.5. The van der Waals surface area contributed by atoms with Gasteiger partial charge in [-0.2, -0.15) is 0 Å². The molecular formula is C26H44O8Si2. The number of carbonyl (C=O) groups is 1. The summed E-state index contributed by atoms with van der Waals surface area (Å²) >= 11 is 0. The minimum absolute atomic E-state index is 0.0759. The maximum Gasteiger partial charge on any atom is 0.338 e. The van der Waals surface area contributed by atoms with Gasteiger partial charge in [-0.15, -0.1) is 0 Å². The number of carbonyl (C=O) groups excluding carboxylic acids is 1. The Morgan fingerprint density at radius 2 is 1.50 bits per heavy atom. The molecule has 5 atom stereocenters. The Balaban J connectivity index is 2.08. The lowest BCUT2D eigenvalue weighted by Gasteiger charge is -2.54. The van der Waals surface area contributed by atoms with Crippen molar-refractivity contribution in [1.82, 2.24) is 0 Å². The van der Waals surface area contributed by atoms with Crippen LogP contribution in [0.1, 0.15) is 65.7 Å². The second-order valence-electron chi connectivity index (χ2n) is 11.1. The molecule has 2 saturated heterocycles. The monoisotopic (exact) mass is 540 g/mol. The van der Waals surface area contributed by atoms with Gasteiger partial charge in [0.2, 0.25) is 0 Å². The molecule has 0 amide bonds. The van der Waals surface area contributed by atoms with Crippen molar-refractivity contribution in [2.75, 3.05) is 13.7 Å². The van der Waals surface area contributed by atoms with Crippen LogP contribution in [-0.2, 0) is 27.2 Å². The Hall–Kier alpha value is -1.12. The van der Waals surface area contributed by atoms with Crippen LogP contribution in [0.4, 0.5) is 0 Å². The van der Waals surface area contributed by atoms with E-state index >= 15 is 0 Å². The van der Waals surface area contributed by atoms with E-state index in [1.807, 2.05) is 6.07 Å². The number of ether oxygens (including phenoxy) is 3. The van der Waals surface area contributed by atoms with Crippen LogP contribution in [0.15, 0.2) is 30.3 Å². The van der Waals surface area contributed by atoms with Gasteiger partial charge >= 0.3 is 23.1 Å². The fourth-order valence-electron chi connectivity index (χ4n) is 5.40. The number of methoxy groups -OCH3 is 1. The predicted octanol–water partition coefficient (Wildman–Crippen LogP) is 4.90. The molecule has 0 aromatic heterocycles. The van der Waals surface area contributed by atoms with Crippen molar-refractivity contribution in [2.24, 2.45) is 0 Å². The molecule has 1 aromatic carbocycles. The number of hydrogen-bond acceptors (Lipinski definition) is 8. The van der Waals surface area contributed by atoms with Gasteiger partial charge in [-0.25, -0.2) is 4.79 Å². The molecule has 2 aliphatic rings. The quantitative estimate of drug-likeness (QED) is 0.386. The molecule has 0 spiro atoms. The lowest BCUT2D eigenvalue weighted by atomic mass is 9.99.